The molecule has 0 amide bonds. The second kappa shape index (κ2) is 5.03. The van der Waals surface area contributed by atoms with Crippen molar-refractivity contribution in [2.75, 3.05) is 6.61 Å². The van der Waals surface area contributed by atoms with Crippen LogP contribution < -0.4 is 0 Å². The minimum absolute atomic E-state index is 0.132. The third kappa shape index (κ3) is 2.48. The van der Waals surface area contributed by atoms with Crippen LogP contribution in [0.25, 0.3) is 22.6 Å². The zero-order valence-corrected chi connectivity index (χ0v) is 10.9. The lowest BCUT2D eigenvalue weighted by molar-refractivity contribution is 0.299. The Bertz CT molecular complexity index is 704. The number of rotatable bonds is 3. The minimum atomic E-state index is 0.132. The number of hydrogen-bond acceptors (Lipinski definition) is 3. The van der Waals surface area contributed by atoms with E-state index in [4.69, 9.17) is 21.1 Å². The van der Waals surface area contributed by atoms with Gasteiger partial charge in [-0.15, -0.1) is 0 Å². The lowest BCUT2D eigenvalue weighted by Crippen LogP contribution is -1.89. The molecule has 0 atom stereocenters. The average Bonchev–Trinajstić information content (AvgIpc) is 2.83. The molecule has 0 aliphatic heterocycles. The second-order valence-corrected chi connectivity index (χ2v) is 4.74. The number of halogens is 1. The van der Waals surface area contributed by atoms with Gasteiger partial charge in [0.15, 0.2) is 5.58 Å². The van der Waals surface area contributed by atoms with Gasteiger partial charge in [0.2, 0.25) is 5.89 Å². The fourth-order valence-electron chi connectivity index (χ4n) is 1.97. The summed E-state index contributed by atoms with van der Waals surface area (Å²) in [7, 11) is 0. The highest BCUT2D eigenvalue weighted by molar-refractivity contribution is 6.30. The molecule has 1 heterocycles. The van der Waals surface area contributed by atoms with Crippen molar-refractivity contribution in [3.8, 4) is 11.5 Å². The van der Waals surface area contributed by atoms with Crippen LogP contribution in [0.1, 0.15) is 5.56 Å². The molecule has 3 rings (SSSR count). The van der Waals surface area contributed by atoms with Gasteiger partial charge >= 0.3 is 0 Å². The highest BCUT2D eigenvalue weighted by Crippen LogP contribution is 2.26. The molecule has 0 bridgehead atoms. The molecular formula is C15H12ClNO2. The van der Waals surface area contributed by atoms with Crippen LogP contribution in [0.3, 0.4) is 0 Å². The molecule has 1 aromatic heterocycles. The van der Waals surface area contributed by atoms with Gasteiger partial charge in [-0.25, -0.2) is 4.98 Å². The summed E-state index contributed by atoms with van der Waals surface area (Å²) in [5, 5.41) is 9.63. The SMILES string of the molecule is OCCc1ccc2oc(-c3ccc(Cl)cc3)nc2c1. The van der Waals surface area contributed by atoms with Crippen LogP contribution >= 0.6 is 11.6 Å². The first-order valence-electron chi connectivity index (χ1n) is 6.02. The molecule has 0 spiro atoms. The molecule has 96 valence electrons. The van der Waals surface area contributed by atoms with Gasteiger partial charge in [0.1, 0.15) is 5.52 Å². The summed E-state index contributed by atoms with van der Waals surface area (Å²) in [6, 6.07) is 13.1. The van der Waals surface area contributed by atoms with Crippen LogP contribution in [-0.4, -0.2) is 16.7 Å². The van der Waals surface area contributed by atoms with Crippen molar-refractivity contribution in [1.82, 2.24) is 4.98 Å². The Morgan fingerprint density at radius 3 is 2.63 bits per heavy atom. The van der Waals surface area contributed by atoms with E-state index in [9.17, 15) is 0 Å². The maximum absolute atomic E-state index is 8.94. The quantitative estimate of drug-likeness (QED) is 0.792. The van der Waals surface area contributed by atoms with Gasteiger partial charge in [0.25, 0.3) is 0 Å². The monoisotopic (exact) mass is 273 g/mol. The van der Waals surface area contributed by atoms with Gasteiger partial charge in [-0.1, -0.05) is 17.7 Å². The Morgan fingerprint density at radius 1 is 1.11 bits per heavy atom. The maximum Gasteiger partial charge on any atom is 0.227 e. The molecule has 3 nitrogen and oxygen atoms in total. The molecule has 0 radical (unpaired) electrons. The summed E-state index contributed by atoms with van der Waals surface area (Å²) in [5.41, 5.74) is 3.48. The van der Waals surface area contributed by atoms with Crippen LogP contribution in [0.2, 0.25) is 5.02 Å². The molecule has 0 unspecified atom stereocenters. The molecule has 2 aromatic carbocycles. The zero-order valence-electron chi connectivity index (χ0n) is 10.1. The van der Waals surface area contributed by atoms with Gasteiger partial charge in [-0.05, 0) is 48.4 Å². The molecule has 1 N–H and O–H groups in total. The largest absolute Gasteiger partial charge is 0.436 e. The first-order valence-corrected chi connectivity index (χ1v) is 6.40. The molecule has 3 aromatic rings. The second-order valence-electron chi connectivity index (χ2n) is 4.30. The zero-order chi connectivity index (χ0) is 13.2. The predicted molar refractivity (Wildman–Crippen MR) is 75.2 cm³/mol. The van der Waals surface area contributed by atoms with Crippen molar-refractivity contribution < 1.29 is 9.52 Å². The van der Waals surface area contributed by atoms with Gasteiger partial charge < -0.3 is 9.52 Å². The summed E-state index contributed by atoms with van der Waals surface area (Å²) < 4.78 is 5.71. The minimum Gasteiger partial charge on any atom is -0.436 e. The van der Waals surface area contributed by atoms with Crippen molar-refractivity contribution in [2.45, 2.75) is 6.42 Å². The molecule has 0 aliphatic carbocycles. The fraction of sp³-hybridized carbons (Fsp3) is 0.133. The number of hydrogen-bond donors (Lipinski definition) is 1. The predicted octanol–water partition coefficient (Wildman–Crippen LogP) is 3.68. The molecule has 0 saturated heterocycles. The third-order valence-electron chi connectivity index (χ3n) is 2.94. The van der Waals surface area contributed by atoms with Crippen LogP contribution in [-0.2, 0) is 6.42 Å². The van der Waals surface area contributed by atoms with Crippen LogP contribution in [0.4, 0.5) is 0 Å². The van der Waals surface area contributed by atoms with E-state index >= 15 is 0 Å². The lowest BCUT2D eigenvalue weighted by Gasteiger charge is -1.95. The Hall–Kier alpha value is -1.84. The van der Waals surface area contributed by atoms with E-state index in [-0.39, 0.29) is 6.61 Å². The van der Waals surface area contributed by atoms with E-state index in [1.807, 2.05) is 42.5 Å². The highest BCUT2D eigenvalue weighted by atomic mass is 35.5. The number of oxazole rings is 1. The van der Waals surface area contributed by atoms with E-state index in [2.05, 4.69) is 4.98 Å². The first kappa shape index (κ1) is 12.2. The Labute approximate surface area is 115 Å². The molecular weight excluding hydrogens is 262 g/mol. The number of fused-ring (bicyclic) bond motifs is 1. The van der Waals surface area contributed by atoms with E-state index in [1.165, 1.54) is 0 Å². The van der Waals surface area contributed by atoms with Crippen molar-refractivity contribution >= 4 is 22.7 Å². The average molecular weight is 274 g/mol. The topological polar surface area (TPSA) is 46.3 Å². The molecule has 0 saturated carbocycles. The fourth-order valence-corrected chi connectivity index (χ4v) is 2.10. The van der Waals surface area contributed by atoms with Crippen molar-refractivity contribution in [2.24, 2.45) is 0 Å². The van der Waals surface area contributed by atoms with E-state index < -0.39 is 0 Å². The third-order valence-corrected chi connectivity index (χ3v) is 3.20. The van der Waals surface area contributed by atoms with Gasteiger partial charge in [0.05, 0.1) is 0 Å². The molecule has 0 aliphatic rings. The standard InChI is InChI=1S/C15H12ClNO2/c16-12-4-2-11(3-5-12)15-17-13-9-10(7-8-18)1-6-14(13)19-15/h1-6,9,18H,7-8H2. The summed E-state index contributed by atoms with van der Waals surface area (Å²) in [6.07, 6.45) is 0.624. The van der Waals surface area contributed by atoms with E-state index in [1.54, 1.807) is 0 Å². The number of aliphatic hydroxyl groups excluding tert-OH is 1. The number of aromatic nitrogens is 1. The maximum atomic E-state index is 8.94. The Balaban J connectivity index is 2.03. The van der Waals surface area contributed by atoms with Crippen molar-refractivity contribution in [1.29, 1.82) is 0 Å². The molecule has 4 heteroatoms. The first-order chi connectivity index (χ1) is 9.26. The van der Waals surface area contributed by atoms with Gasteiger partial charge in [0, 0.05) is 17.2 Å². The van der Waals surface area contributed by atoms with Gasteiger partial charge in [-0.3, -0.25) is 0 Å². The van der Waals surface area contributed by atoms with Crippen molar-refractivity contribution in [3.63, 3.8) is 0 Å². The van der Waals surface area contributed by atoms with Gasteiger partial charge in [-0.2, -0.15) is 0 Å². The highest BCUT2D eigenvalue weighted by Gasteiger charge is 2.08. The van der Waals surface area contributed by atoms with E-state index in [0.29, 0.717) is 17.3 Å². The number of benzene rings is 2. The Kier molecular flexibility index (Phi) is 3.23. The molecule has 19 heavy (non-hydrogen) atoms. The summed E-state index contributed by atoms with van der Waals surface area (Å²) >= 11 is 5.86. The van der Waals surface area contributed by atoms with Crippen LogP contribution in [0, 0.1) is 0 Å². The Morgan fingerprint density at radius 2 is 1.89 bits per heavy atom. The number of aliphatic hydroxyl groups is 1. The summed E-state index contributed by atoms with van der Waals surface area (Å²) in [4.78, 5) is 4.46. The van der Waals surface area contributed by atoms with Crippen LogP contribution in [0.15, 0.2) is 46.9 Å². The molecule has 0 fully saturated rings. The summed E-state index contributed by atoms with van der Waals surface area (Å²) in [6.45, 7) is 0.132. The lowest BCUT2D eigenvalue weighted by atomic mass is 10.1. The van der Waals surface area contributed by atoms with Crippen LogP contribution in [0.5, 0.6) is 0 Å². The van der Waals surface area contributed by atoms with Crippen molar-refractivity contribution in [3.05, 3.63) is 53.1 Å². The number of nitrogens with zero attached hydrogens (tertiary/aromatic N) is 1. The normalized spacial score (nSPS) is 11.1. The smallest absolute Gasteiger partial charge is 0.227 e. The van der Waals surface area contributed by atoms with E-state index in [0.717, 1.165) is 22.2 Å². The summed E-state index contributed by atoms with van der Waals surface area (Å²) in [5.74, 6) is 0.577.